The van der Waals surface area contributed by atoms with Gasteiger partial charge in [0, 0.05) is 7.05 Å². The zero-order chi connectivity index (χ0) is 29.2. The highest BCUT2D eigenvalue weighted by atomic mass is 35.5. The summed E-state index contributed by atoms with van der Waals surface area (Å²) in [7, 11) is -2.53. The smallest absolute Gasteiger partial charge is 0.459 e. The van der Waals surface area contributed by atoms with Gasteiger partial charge < -0.3 is 30.2 Å². The summed E-state index contributed by atoms with van der Waals surface area (Å²) < 4.78 is 38.0. The monoisotopic (exact) mass is 597 g/mol. The number of hydrogen-bond donors (Lipinski definition) is 4. The number of hydrogen-bond acceptors (Lipinski definition) is 12. The molecule has 4 rings (SSSR count). The van der Waals surface area contributed by atoms with Crippen LogP contribution < -0.4 is 20.7 Å². The Hall–Kier alpha value is -3.00. The van der Waals surface area contributed by atoms with Gasteiger partial charge in [-0.2, -0.15) is 15.1 Å². The molecule has 1 saturated heterocycles. The first-order chi connectivity index (χ1) is 18.8. The van der Waals surface area contributed by atoms with Crippen LogP contribution in [0.5, 0.6) is 5.75 Å². The zero-order valence-electron chi connectivity index (χ0n) is 22.6. The molecule has 218 valence electrons. The van der Waals surface area contributed by atoms with Crippen LogP contribution in [0.3, 0.4) is 0 Å². The predicted molar refractivity (Wildman–Crippen MR) is 148 cm³/mol. The van der Waals surface area contributed by atoms with Crippen molar-refractivity contribution in [1.82, 2.24) is 24.6 Å². The van der Waals surface area contributed by atoms with Crippen LogP contribution in [0.2, 0.25) is 0 Å². The molecule has 1 aliphatic heterocycles. The van der Waals surface area contributed by atoms with Crippen molar-refractivity contribution in [3.8, 4) is 5.75 Å². The van der Waals surface area contributed by atoms with Crippen molar-refractivity contribution < 1.29 is 33.0 Å². The number of aromatic nitrogens is 4. The Morgan fingerprint density at radius 2 is 2.00 bits per heavy atom. The largest absolute Gasteiger partial charge is 0.462 e. The Morgan fingerprint density at radius 3 is 2.65 bits per heavy atom. The van der Waals surface area contributed by atoms with Crippen LogP contribution in [0.15, 0.2) is 36.7 Å². The van der Waals surface area contributed by atoms with Crippen LogP contribution in [0.25, 0.3) is 11.2 Å². The van der Waals surface area contributed by atoms with Crippen molar-refractivity contribution in [2.75, 3.05) is 24.7 Å². The molecule has 0 spiro atoms. The van der Waals surface area contributed by atoms with Gasteiger partial charge in [0.2, 0.25) is 5.95 Å². The summed E-state index contributed by atoms with van der Waals surface area (Å²) in [4.78, 5) is 23.7. The average Bonchev–Trinajstić information content (AvgIpc) is 3.40. The Kier molecular flexibility index (Phi) is 8.88. The second-order valence-electron chi connectivity index (χ2n) is 9.66. The van der Waals surface area contributed by atoms with Gasteiger partial charge in [-0.3, -0.25) is 13.9 Å². The highest BCUT2D eigenvalue weighted by Gasteiger charge is 2.54. The number of benzene rings is 1. The molecule has 2 aromatic heterocycles. The van der Waals surface area contributed by atoms with Gasteiger partial charge in [-0.25, -0.2) is 9.55 Å². The van der Waals surface area contributed by atoms with Crippen molar-refractivity contribution >= 4 is 48.2 Å². The van der Waals surface area contributed by atoms with Crippen LogP contribution >= 0.6 is 19.3 Å². The number of nitrogens with one attached hydrogen (secondary N) is 2. The fraction of sp³-hybridized carbons (Fsp3) is 0.500. The first-order valence-corrected chi connectivity index (χ1v) is 14.4. The number of esters is 1. The van der Waals surface area contributed by atoms with Crippen molar-refractivity contribution in [1.29, 1.82) is 0 Å². The molecule has 0 bridgehead atoms. The number of halogens is 1. The first-order valence-electron chi connectivity index (χ1n) is 12.5. The average molecular weight is 598 g/mol. The number of fused-ring (bicyclic) bond motifs is 1. The molecule has 16 heteroatoms. The predicted octanol–water partition coefficient (Wildman–Crippen LogP) is 2.84. The fourth-order valence-electron chi connectivity index (χ4n) is 4.14. The number of aliphatic hydroxyl groups is 1. The normalized spacial score (nSPS) is 25.1. The lowest BCUT2D eigenvalue weighted by atomic mass is 10.0. The third-order valence-corrected chi connectivity index (χ3v) is 8.13. The van der Waals surface area contributed by atoms with Crippen molar-refractivity contribution in [2.45, 2.75) is 63.2 Å². The third kappa shape index (κ3) is 6.32. The lowest BCUT2D eigenvalue weighted by molar-refractivity contribution is -0.149. The summed E-state index contributed by atoms with van der Waals surface area (Å²) in [6.45, 7) is 6.04. The lowest BCUT2D eigenvalue weighted by Gasteiger charge is -2.26. The summed E-state index contributed by atoms with van der Waals surface area (Å²) in [5, 5.41) is 16.6. The molecular formula is C24H33ClN7O7P. The minimum atomic E-state index is -4.20. The van der Waals surface area contributed by atoms with Crippen LogP contribution in [-0.2, 0) is 23.4 Å². The van der Waals surface area contributed by atoms with E-state index in [0.717, 1.165) is 0 Å². The molecule has 0 radical (unpaired) electrons. The topological polar surface area (TPSA) is 185 Å². The molecule has 0 saturated carbocycles. The van der Waals surface area contributed by atoms with Gasteiger partial charge in [-0.15, -0.1) is 11.6 Å². The lowest BCUT2D eigenvalue weighted by Crippen LogP contribution is -2.40. The minimum absolute atomic E-state index is 0.00323. The molecular weight excluding hydrogens is 565 g/mol. The number of imidazole rings is 1. The summed E-state index contributed by atoms with van der Waals surface area (Å²) in [5.74, 6) is 0.00283. The molecule has 3 heterocycles. The number of carbonyl (C=O) groups excluding carboxylic acids is 1. The molecule has 0 aliphatic carbocycles. The van der Waals surface area contributed by atoms with E-state index in [1.807, 2.05) is 0 Å². The zero-order valence-corrected chi connectivity index (χ0v) is 24.3. The molecule has 1 aromatic carbocycles. The second-order valence-corrected chi connectivity index (χ2v) is 12.2. The third-order valence-electron chi connectivity index (χ3n) is 6.08. The maximum absolute atomic E-state index is 13.8. The van der Waals surface area contributed by atoms with Crippen molar-refractivity contribution in [3.05, 3.63) is 36.7 Å². The van der Waals surface area contributed by atoms with Gasteiger partial charge >= 0.3 is 13.7 Å². The molecule has 6 atom stereocenters. The van der Waals surface area contributed by atoms with E-state index in [0.29, 0.717) is 17.0 Å². The summed E-state index contributed by atoms with van der Waals surface area (Å²) in [5.41, 5.74) is 6.62. The van der Waals surface area contributed by atoms with E-state index in [1.165, 1.54) is 17.8 Å². The molecule has 0 amide bonds. The van der Waals surface area contributed by atoms with Crippen molar-refractivity contribution in [2.24, 2.45) is 0 Å². The van der Waals surface area contributed by atoms with E-state index < -0.39 is 49.7 Å². The standard InChI is InChI=1S/C24H33ClN7O7P/c1-13(2)37-21(34)14(3)31-40(35,39-15-9-7-6-8-10-15)36-11-16-18(33)24(4,25)22(38-16)32-12-28-17-19(27-5)29-23(26)30-20(17)32/h6-10,12-14,16,18,22,33H,11H2,1-5H3,(H,31,35)(H3,26,27,29,30)/t14?,16-,18-,22-,24-,40?/m1/s1. The number of nitrogen functional groups attached to an aromatic ring is 1. The molecule has 14 nitrogen and oxygen atoms in total. The van der Waals surface area contributed by atoms with Crippen LogP contribution in [0.4, 0.5) is 11.8 Å². The SMILES string of the molecule is CNc1nc(N)nc2c1ncn2[C@@H]1O[C@H](COP(=O)(NC(C)C(=O)OC(C)C)Oc2ccccc2)[C@@H](O)[C@@]1(C)Cl. The Morgan fingerprint density at radius 1 is 1.30 bits per heavy atom. The Balaban J connectivity index is 1.56. The number of rotatable bonds is 11. The highest BCUT2D eigenvalue weighted by Crippen LogP contribution is 2.48. The number of anilines is 2. The number of aliphatic hydroxyl groups excluding tert-OH is 1. The van der Waals surface area contributed by atoms with Gasteiger partial charge in [0.1, 0.15) is 28.9 Å². The molecule has 3 aromatic rings. The summed E-state index contributed by atoms with van der Waals surface area (Å²) in [6, 6.07) is 7.26. The molecule has 40 heavy (non-hydrogen) atoms. The minimum Gasteiger partial charge on any atom is -0.462 e. The number of carbonyl (C=O) groups is 1. The molecule has 5 N–H and O–H groups in total. The fourth-order valence-corrected chi connectivity index (χ4v) is 5.93. The van der Waals surface area contributed by atoms with Gasteiger partial charge in [0.15, 0.2) is 23.2 Å². The highest BCUT2D eigenvalue weighted by molar-refractivity contribution is 7.52. The van der Waals surface area contributed by atoms with E-state index in [2.05, 4.69) is 25.4 Å². The quantitative estimate of drug-likeness (QED) is 0.144. The van der Waals surface area contributed by atoms with E-state index in [-0.39, 0.29) is 17.8 Å². The van der Waals surface area contributed by atoms with Gasteiger partial charge in [-0.1, -0.05) is 18.2 Å². The van der Waals surface area contributed by atoms with E-state index >= 15 is 0 Å². The van der Waals surface area contributed by atoms with E-state index in [4.69, 9.17) is 35.9 Å². The second kappa shape index (κ2) is 11.9. The van der Waals surface area contributed by atoms with Crippen LogP contribution in [0.1, 0.15) is 33.9 Å². The first kappa shape index (κ1) is 30.0. The number of nitrogens with two attached hydrogens (primary N) is 1. The van der Waals surface area contributed by atoms with Crippen molar-refractivity contribution in [3.63, 3.8) is 0 Å². The Bertz CT molecular complexity index is 1390. The Labute approximate surface area is 236 Å². The van der Waals surface area contributed by atoms with Gasteiger partial charge in [-0.05, 0) is 39.8 Å². The molecule has 2 unspecified atom stereocenters. The number of nitrogens with zero attached hydrogens (tertiary/aromatic N) is 4. The van der Waals surface area contributed by atoms with E-state index in [9.17, 15) is 14.5 Å². The maximum Gasteiger partial charge on any atom is 0.459 e. The number of para-hydroxylation sites is 1. The molecule has 1 fully saturated rings. The van der Waals surface area contributed by atoms with Gasteiger partial charge in [0.05, 0.1) is 19.0 Å². The number of ether oxygens (including phenoxy) is 2. The molecule has 1 aliphatic rings. The maximum atomic E-state index is 13.8. The van der Waals surface area contributed by atoms with E-state index in [1.54, 1.807) is 58.2 Å². The van der Waals surface area contributed by atoms with Crippen LogP contribution in [0, 0.1) is 0 Å². The number of alkyl halides is 1. The summed E-state index contributed by atoms with van der Waals surface area (Å²) in [6.07, 6.45) is -2.23. The summed E-state index contributed by atoms with van der Waals surface area (Å²) >= 11 is 6.79. The van der Waals surface area contributed by atoms with Gasteiger partial charge in [0.25, 0.3) is 0 Å². The van der Waals surface area contributed by atoms with Crippen LogP contribution in [-0.4, -0.2) is 73.5 Å².